The summed E-state index contributed by atoms with van der Waals surface area (Å²) in [6.45, 7) is 4.30. The zero-order valence-electron chi connectivity index (χ0n) is 14.7. The van der Waals surface area contributed by atoms with E-state index in [4.69, 9.17) is 15.2 Å². The van der Waals surface area contributed by atoms with Crippen LogP contribution in [0.25, 0.3) is 0 Å². The Labute approximate surface area is 148 Å². The van der Waals surface area contributed by atoms with Crippen LogP contribution in [0.1, 0.15) is 23.1 Å². The molecule has 1 aromatic heterocycles. The Balaban J connectivity index is 1.53. The third kappa shape index (κ3) is 3.56. The molecular formula is C19H26N4O2. The number of hydrogen-bond donors (Lipinski definition) is 1. The minimum Gasteiger partial charge on any atom is -0.382 e. The fourth-order valence-corrected chi connectivity index (χ4v) is 4.05. The molecule has 6 nitrogen and oxygen atoms in total. The van der Waals surface area contributed by atoms with Crippen LogP contribution in [0, 0.1) is 0 Å². The second-order valence-corrected chi connectivity index (χ2v) is 7.00. The van der Waals surface area contributed by atoms with E-state index in [2.05, 4.69) is 28.2 Å². The van der Waals surface area contributed by atoms with Crippen molar-refractivity contribution in [3.05, 3.63) is 47.2 Å². The Morgan fingerprint density at radius 1 is 1.36 bits per heavy atom. The van der Waals surface area contributed by atoms with Gasteiger partial charge in [0.05, 0.1) is 25.9 Å². The summed E-state index contributed by atoms with van der Waals surface area (Å²) in [6, 6.07) is 8.84. The van der Waals surface area contributed by atoms with Gasteiger partial charge in [-0.25, -0.2) is 0 Å². The van der Waals surface area contributed by atoms with Gasteiger partial charge in [0.1, 0.15) is 5.82 Å². The number of nitrogen functional groups attached to an aromatic ring is 1. The van der Waals surface area contributed by atoms with Crippen molar-refractivity contribution in [2.45, 2.75) is 44.7 Å². The van der Waals surface area contributed by atoms with Gasteiger partial charge in [0, 0.05) is 32.4 Å². The molecule has 0 amide bonds. The Bertz CT molecular complexity index is 730. The molecule has 25 heavy (non-hydrogen) atoms. The summed E-state index contributed by atoms with van der Waals surface area (Å²) in [6.07, 6.45) is 4.26. The molecular weight excluding hydrogens is 316 g/mol. The van der Waals surface area contributed by atoms with Gasteiger partial charge in [-0.2, -0.15) is 5.10 Å². The lowest BCUT2D eigenvalue weighted by Gasteiger charge is -2.27. The summed E-state index contributed by atoms with van der Waals surface area (Å²) in [4.78, 5) is 2.52. The van der Waals surface area contributed by atoms with Crippen LogP contribution in [0.2, 0.25) is 0 Å². The lowest BCUT2D eigenvalue weighted by atomic mass is 9.96. The molecule has 4 rings (SSSR count). The normalized spacial score (nSPS) is 23.7. The van der Waals surface area contributed by atoms with Crippen molar-refractivity contribution in [3.63, 3.8) is 0 Å². The van der Waals surface area contributed by atoms with E-state index < -0.39 is 0 Å². The van der Waals surface area contributed by atoms with E-state index in [-0.39, 0.29) is 6.10 Å². The molecule has 6 heteroatoms. The zero-order chi connectivity index (χ0) is 17.2. The topological polar surface area (TPSA) is 65.5 Å². The number of aromatic nitrogens is 2. The number of anilines is 1. The van der Waals surface area contributed by atoms with Gasteiger partial charge < -0.3 is 15.2 Å². The molecule has 2 aliphatic heterocycles. The molecule has 3 heterocycles. The van der Waals surface area contributed by atoms with Crippen molar-refractivity contribution in [2.75, 3.05) is 26.0 Å². The van der Waals surface area contributed by atoms with Crippen LogP contribution >= 0.6 is 0 Å². The fourth-order valence-electron chi connectivity index (χ4n) is 4.05. The van der Waals surface area contributed by atoms with Crippen LogP contribution in [0.15, 0.2) is 30.5 Å². The molecule has 2 aromatic rings. The lowest BCUT2D eigenvalue weighted by Crippen LogP contribution is -2.33. The SMILES string of the molecule is CO[C@@H]1C[C@@H](Cn2ccc(N)n2)N(Cc2cccc3c2CCOC3)C1. The highest BCUT2D eigenvalue weighted by Gasteiger charge is 2.33. The number of likely N-dealkylation sites (tertiary alicyclic amines) is 1. The van der Waals surface area contributed by atoms with Crippen LogP contribution in [0.4, 0.5) is 5.82 Å². The van der Waals surface area contributed by atoms with E-state index in [1.165, 1.54) is 16.7 Å². The minimum atomic E-state index is 0.279. The highest BCUT2D eigenvalue weighted by Crippen LogP contribution is 2.27. The van der Waals surface area contributed by atoms with Crippen molar-refractivity contribution < 1.29 is 9.47 Å². The van der Waals surface area contributed by atoms with E-state index in [0.717, 1.165) is 45.7 Å². The molecule has 2 aliphatic rings. The van der Waals surface area contributed by atoms with Gasteiger partial charge in [0.2, 0.25) is 0 Å². The smallest absolute Gasteiger partial charge is 0.145 e. The molecule has 2 N–H and O–H groups in total. The molecule has 0 spiro atoms. The van der Waals surface area contributed by atoms with Gasteiger partial charge in [-0.3, -0.25) is 9.58 Å². The second kappa shape index (κ2) is 7.15. The maximum Gasteiger partial charge on any atom is 0.145 e. The first kappa shape index (κ1) is 16.6. The molecule has 1 saturated heterocycles. The van der Waals surface area contributed by atoms with E-state index in [0.29, 0.717) is 11.9 Å². The van der Waals surface area contributed by atoms with E-state index in [1.54, 1.807) is 7.11 Å². The number of methoxy groups -OCH3 is 1. The molecule has 0 unspecified atom stereocenters. The van der Waals surface area contributed by atoms with Crippen molar-refractivity contribution in [3.8, 4) is 0 Å². The van der Waals surface area contributed by atoms with Gasteiger partial charge in [0.25, 0.3) is 0 Å². The van der Waals surface area contributed by atoms with Gasteiger partial charge >= 0.3 is 0 Å². The Kier molecular flexibility index (Phi) is 4.74. The van der Waals surface area contributed by atoms with E-state index in [9.17, 15) is 0 Å². The first-order valence-electron chi connectivity index (χ1n) is 8.96. The summed E-state index contributed by atoms with van der Waals surface area (Å²) in [5.74, 6) is 0.574. The Morgan fingerprint density at radius 2 is 2.28 bits per heavy atom. The number of nitrogens with zero attached hydrogens (tertiary/aromatic N) is 3. The van der Waals surface area contributed by atoms with Crippen molar-refractivity contribution in [2.24, 2.45) is 0 Å². The summed E-state index contributed by atoms with van der Waals surface area (Å²) >= 11 is 0. The fraction of sp³-hybridized carbons (Fsp3) is 0.526. The Morgan fingerprint density at radius 3 is 3.08 bits per heavy atom. The number of fused-ring (bicyclic) bond motifs is 1. The lowest BCUT2D eigenvalue weighted by molar-refractivity contribution is 0.105. The molecule has 134 valence electrons. The summed E-state index contributed by atoms with van der Waals surface area (Å²) in [5, 5.41) is 4.35. The largest absolute Gasteiger partial charge is 0.382 e. The zero-order valence-corrected chi connectivity index (χ0v) is 14.7. The molecule has 0 saturated carbocycles. The van der Waals surface area contributed by atoms with Crippen molar-refractivity contribution in [1.82, 2.24) is 14.7 Å². The predicted molar refractivity (Wildman–Crippen MR) is 96.1 cm³/mol. The van der Waals surface area contributed by atoms with Crippen molar-refractivity contribution >= 4 is 5.82 Å². The number of benzene rings is 1. The van der Waals surface area contributed by atoms with Gasteiger partial charge in [-0.1, -0.05) is 18.2 Å². The van der Waals surface area contributed by atoms with Crippen LogP contribution in [-0.4, -0.2) is 47.1 Å². The molecule has 0 bridgehead atoms. The summed E-state index contributed by atoms with van der Waals surface area (Å²) in [5.41, 5.74) is 9.98. The van der Waals surface area contributed by atoms with Gasteiger partial charge in [-0.05, 0) is 35.6 Å². The third-order valence-corrected chi connectivity index (χ3v) is 5.38. The highest BCUT2D eigenvalue weighted by atomic mass is 16.5. The molecule has 1 aromatic carbocycles. The molecule has 0 radical (unpaired) electrons. The van der Waals surface area contributed by atoms with Gasteiger partial charge in [0.15, 0.2) is 0 Å². The molecule has 2 atom stereocenters. The number of nitrogens with two attached hydrogens (primary N) is 1. The average Bonchev–Trinajstić information content (AvgIpc) is 3.21. The number of hydrogen-bond acceptors (Lipinski definition) is 5. The first-order valence-corrected chi connectivity index (χ1v) is 8.96. The maximum atomic E-state index is 5.76. The number of ether oxygens (including phenoxy) is 2. The first-order chi connectivity index (χ1) is 12.2. The predicted octanol–water partition coefficient (Wildman–Crippen LogP) is 1.83. The van der Waals surface area contributed by atoms with E-state index >= 15 is 0 Å². The number of rotatable bonds is 5. The van der Waals surface area contributed by atoms with Crippen LogP contribution in [-0.2, 0) is 35.6 Å². The van der Waals surface area contributed by atoms with Crippen molar-refractivity contribution in [1.29, 1.82) is 0 Å². The quantitative estimate of drug-likeness (QED) is 0.898. The summed E-state index contributed by atoms with van der Waals surface area (Å²) < 4.78 is 13.2. The second-order valence-electron chi connectivity index (χ2n) is 7.00. The van der Waals surface area contributed by atoms with E-state index in [1.807, 2.05) is 16.9 Å². The van der Waals surface area contributed by atoms with Crippen LogP contribution in [0.3, 0.4) is 0 Å². The third-order valence-electron chi connectivity index (χ3n) is 5.38. The maximum absolute atomic E-state index is 5.76. The molecule has 1 fully saturated rings. The Hall–Kier alpha value is -1.89. The summed E-state index contributed by atoms with van der Waals surface area (Å²) in [7, 11) is 1.80. The standard InChI is InChI=1S/C19H26N4O2/c1-24-17-9-16(11-23-7-5-19(20)21-23)22(12-17)10-14-3-2-4-15-13-25-8-6-18(14)15/h2-5,7,16-17H,6,8-13H2,1H3,(H2,20,21)/t16-,17+/m0/s1. The van der Waals surface area contributed by atoms with Crippen LogP contribution < -0.4 is 5.73 Å². The van der Waals surface area contributed by atoms with Gasteiger partial charge in [-0.15, -0.1) is 0 Å². The van der Waals surface area contributed by atoms with Crippen LogP contribution in [0.5, 0.6) is 0 Å². The minimum absolute atomic E-state index is 0.279. The average molecular weight is 342 g/mol. The highest BCUT2D eigenvalue weighted by molar-refractivity contribution is 5.36. The molecule has 0 aliphatic carbocycles. The monoisotopic (exact) mass is 342 g/mol.